The number of nitrogens with one attached hydrogen (secondary N) is 1. The van der Waals surface area contributed by atoms with Crippen molar-refractivity contribution in [1.82, 2.24) is 15.1 Å². The molecule has 0 amide bonds. The molecule has 2 aliphatic rings. The number of hydrogen-bond acceptors (Lipinski definition) is 5. The van der Waals surface area contributed by atoms with Crippen molar-refractivity contribution in [3.05, 3.63) is 17.5 Å². The van der Waals surface area contributed by atoms with Crippen molar-refractivity contribution in [3.63, 3.8) is 0 Å². The van der Waals surface area contributed by atoms with Gasteiger partial charge in [0.2, 0.25) is 0 Å². The van der Waals surface area contributed by atoms with Gasteiger partial charge in [0, 0.05) is 33.1 Å². The van der Waals surface area contributed by atoms with E-state index in [0.717, 1.165) is 70.3 Å². The summed E-state index contributed by atoms with van der Waals surface area (Å²) in [4.78, 5) is 0. The highest BCUT2D eigenvalue weighted by Crippen LogP contribution is 2.25. The molecule has 6 heteroatoms. The Morgan fingerprint density at radius 3 is 3.00 bits per heavy atom. The number of nitrogens with zero attached hydrogens (tertiary/aromatic N) is 2. The highest BCUT2D eigenvalue weighted by molar-refractivity contribution is 5.22. The summed E-state index contributed by atoms with van der Waals surface area (Å²) in [5.41, 5.74) is 2.42. The minimum absolute atomic E-state index is 0.0763. The molecule has 1 aromatic heterocycles. The second kappa shape index (κ2) is 8.06. The number of methoxy groups -OCH3 is 1. The lowest BCUT2D eigenvalue weighted by molar-refractivity contribution is 0.0352. The quantitative estimate of drug-likeness (QED) is 0.819. The highest BCUT2D eigenvalue weighted by Gasteiger charge is 2.25. The van der Waals surface area contributed by atoms with E-state index in [1.165, 1.54) is 5.56 Å². The predicted molar refractivity (Wildman–Crippen MR) is 82.9 cm³/mol. The third-order valence-electron chi connectivity index (χ3n) is 4.49. The van der Waals surface area contributed by atoms with Crippen molar-refractivity contribution >= 4 is 0 Å². The fraction of sp³-hybridized carbons (Fsp3) is 0.812. The average Bonchev–Trinajstić information content (AvgIpc) is 2.98. The molecule has 0 bridgehead atoms. The molecule has 22 heavy (non-hydrogen) atoms. The van der Waals surface area contributed by atoms with E-state index in [-0.39, 0.29) is 6.10 Å². The summed E-state index contributed by atoms with van der Waals surface area (Å²) >= 11 is 0. The van der Waals surface area contributed by atoms with Gasteiger partial charge in [0.15, 0.2) is 0 Å². The van der Waals surface area contributed by atoms with Crippen LogP contribution in [0.1, 0.15) is 30.2 Å². The van der Waals surface area contributed by atoms with Gasteiger partial charge in [-0.3, -0.25) is 4.68 Å². The largest absolute Gasteiger partial charge is 0.383 e. The molecule has 1 fully saturated rings. The minimum atomic E-state index is 0.0763. The molecular weight excluding hydrogens is 282 g/mol. The molecule has 0 aliphatic carbocycles. The van der Waals surface area contributed by atoms with Crippen molar-refractivity contribution in [2.75, 3.05) is 46.6 Å². The van der Waals surface area contributed by atoms with Crippen LogP contribution in [0.2, 0.25) is 0 Å². The van der Waals surface area contributed by atoms with Gasteiger partial charge >= 0.3 is 0 Å². The van der Waals surface area contributed by atoms with Gasteiger partial charge in [-0.05, 0) is 37.3 Å². The molecular formula is C16H27N3O3. The first kappa shape index (κ1) is 15.9. The van der Waals surface area contributed by atoms with Crippen LogP contribution >= 0.6 is 0 Å². The van der Waals surface area contributed by atoms with Gasteiger partial charge in [-0.25, -0.2) is 0 Å². The predicted octanol–water partition coefficient (Wildman–Crippen LogP) is 1.16. The van der Waals surface area contributed by atoms with Crippen LogP contribution in [0.3, 0.4) is 0 Å². The van der Waals surface area contributed by atoms with E-state index >= 15 is 0 Å². The Bertz CT molecular complexity index is 457. The standard InChI is InChI=1S/C16H27N3O3/c1-20-9-5-19-12-14-4-8-22-15(16(14)18-19)11-17-10-13-2-6-21-7-3-13/h12-13,15,17H,2-11H2,1H3/t15-/m1/s1. The number of hydrogen-bond donors (Lipinski definition) is 1. The normalized spacial score (nSPS) is 22.7. The van der Waals surface area contributed by atoms with E-state index in [1.807, 2.05) is 4.68 Å². The Labute approximate surface area is 132 Å². The molecule has 1 saturated heterocycles. The summed E-state index contributed by atoms with van der Waals surface area (Å²) in [6, 6.07) is 0. The maximum Gasteiger partial charge on any atom is 0.114 e. The number of ether oxygens (including phenoxy) is 3. The lowest BCUT2D eigenvalue weighted by Crippen LogP contribution is -2.33. The fourth-order valence-corrected chi connectivity index (χ4v) is 3.16. The zero-order chi connectivity index (χ0) is 15.2. The molecule has 2 aliphatic heterocycles. The van der Waals surface area contributed by atoms with Crippen molar-refractivity contribution < 1.29 is 14.2 Å². The highest BCUT2D eigenvalue weighted by atomic mass is 16.5. The molecule has 1 atom stereocenters. The monoisotopic (exact) mass is 309 g/mol. The van der Waals surface area contributed by atoms with Crippen LogP contribution < -0.4 is 5.32 Å². The zero-order valence-electron chi connectivity index (χ0n) is 13.4. The Kier molecular flexibility index (Phi) is 5.83. The molecule has 0 unspecified atom stereocenters. The molecule has 1 N–H and O–H groups in total. The number of fused-ring (bicyclic) bond motifs is 1. The number of aromatic nitrogens is 2. The molecule has 124 valence electrons. The Morgan fingerprint density at radius 2 is 2.18 bits per heavy atom. The van der Waals surface area contributed by atoms with E-state index < -0.39 is 0 Å². The zero-order valence-corrected chi connectivity index (χ0v) is 13.4. The SMILES string of the molecule is COCCn1cc2c(n1)[C@@H](CNCC1CCOCC1)OCC2. The summed E-state index contributed by atoms with van der Waals surface area (Å²) in [5, 5.41) is 8.25. The maximum atomic E-state index is 5.92. The molecule has 3 heterocycles. The third-order valence-corrected chi connectivity index (χ3v) is 4.49. The molecule has 6 nitrogen and oxygen atoms in total. The van der Waals surface area contributed by atoms with Crippen molar-refractivity contribution in [2.45, 2.75) is 31.9 Å². The first-order valence-corrected chi connectivity index (χ1v) is 8.32. The van der Waals surface area contributed by atoms with Crippen LogP contribution in [0, 0.1) is 5.92 Å². The van der Waals surface area contributed by atoms with Crippen LogP contribution in [0.25, 0.3) is 0 Å². The van der Waals surface area contributed by atoms with Gasteiger partial charge in [-0.15, -0.1) is 0 Å². The van der Waals surface area contributed by atoms with Crippen molar-refractivity contribution in [1.29, 1.82) is 0 Å². The first-order chi connectivity index (χ1) is 10.9. The fourth-order valence-electron chi connectivity index (χ4n) is 3.16. The van der Waals surface area contributed by atoms with Crippen LogP contribution in [0.15, 0.2) is 6.20 Å². The van der Waals surface area contributed by atoms with Gasteiger partial charge in [0.05, 0.1) is 25.5 Å². The van der Waals surface area contributed by atoms with Gasteiger partial charge < -0.3 is 19.5 Å². The summed E-state index contributed by atoms with van der Waals surface area (Å²) in [5.74, 6) is 0.732. The van der Waals surface area contributed by atoms with Crippen molar-refractivity contribution in [2.24, 2.45) is 5.92 Å². The summed E-state index contributed by atoms with van der Waals surface area (Å²) in [6.07, 6.45) is 5.50. The molecule has 1 aromatic rings. The van der Waals surface area contributed by atoms with E-state index in [4.69, 9.17) is 14.2 Å². The average molecular weight is 309 g/mol. The lowest BCUT2D eigenvalue weighted by Gasteiger charge is -2.25. The third kappa shape index (κ3) is 4.07. The van der Waals surface area contributed by atoms with Gasteiger partial charge in [0.25, 0.3) is 0 Å². The van der Waals surface area contributed by atoms with Crippen LogP contribution in [0.5, 0.6) is 0 Å². The smallest absolute Gasteiger partial charge is 0.114 e. The van der Waals surface area contributed by atoms with Crippen LogP contribution in [-0.2, 0) is 27.2 Å². The number of rotatable bonds is 7. The summed E-state index contributed by atoms with van der Waals surface area (Å²) in [7, 11) is 1.72. The second-order valence-electron chi connectivity index (χ2n) is 6.12. The molecule has 0 radical (unpaired) electrons. The molecule has 0 spiro atoms. The first-order valence-electron chi connectivity index (χ1n) is 8.32. The van der Waals surface area contributed by atoms with Gasteiger partial charge in [-0.2, -0.15) is 5.10 Å². The lowest BCUT2D eigenvalue weighted by atomic mass is 10.00. The molecule has 0 saturated carbocycles. The summed E-state index contributed by atoms with van der Waals surface area (Å²) < 4.78 is 18.4. The molecule has 3 rings (SSSR count). The molecule has 0 aromatic carbocycles. The Hall–Kier alpha value is -0.950. The van der Waals surface area contributed by atoms with E-state index in [2.05, 4.69) is 16.6 Å². The van der Waals surface area contributed by atoms with E-state index in [9.17, 15) is 0 Å². The van der Waals surface area contributed by atoms with Crippen LogP contribution in [-0.4, -0.2) is 56.4 Å². The van der Waals surface area contributed by atoms with Crippen LogP contribution in [0.4, 0.5) is 0 Å². The Balaban J connectivity index is 1.51. The van der Waals surface area contributed by atoms with Gasteiger partial charge in [-0.1, -0.05) is 0 Å². The maximum absolute atomic E-state index is 5.92. The minimum Gasteiger partial charge on any atom is -0.383 e. The Morgan fingerprint density at radius 1 is 1.32 bits per heavy atom. The van der Waals surface area contributed by atoms with E-state index in [0.29, 0.717) is 6.61 Å². The second-order valence-corrected chi connectivity index (χ2v) is 6.12. The van der Waals surface area contributed by atoms with Crippen molar-refractivity contribution in [3.8, 4) is 0 Å². The van der Waals surface area contributed by atoms with Gasteiger partial charge in [0.1, 0.15) is 6.10 Å². The summed E-state index contributed by atoms with van der Waals surface area (Å²) in [6.45, 7) is 5.96. The topological polar surface area (TPSA) is 57.5 Å². The van der Waals surface area contributed by atoms with E-state index in [1.54, 1.807) is 7.11 Å².